The Balaban J connectivity index is 1.82. The highest BCUT2D eigenvalue weighted by atomic mass is 16.8. The van der Waals surface area contributed by atoms with Gasteiger partial charge in [-0.3, -0.25) is 4.79 Å². The van der Waals surface area contributed by atoms with Crippen LogP contribution in [-0.4, -0.2) is 77.5 Å². The molecule has 0 amide bonds. The van der Waals surface area contributed by atoms with Crippen molar-refractivity contribution < 1.29 is 48.6 Å². The first-order valence-electron chi connectivity index (χ1n) is 9.26. The molecule has 0 spiro atoms. The first kappa shape index (κ1) is 21.0. The summed E-state index contributed by atoms with van der Waals surface area (Å²) in [4.78, 5) is 23.9. The highest BCUT2D eigenvalue weighted by Gasteiger charge is 2.51. The predicted molar refractivity (Wildman–Crippen MR) is 90.2 cm³/mol. The first-order chi connectivity index (χ1) is 13.3. The molecule has 3 aliphatic heterocycles. The molecule has 0 bridgehead atoms. The Labute approximate surface area is 162 Å². The molecule has 3 heterocycles. The molecule has 0 aromatic rings. The lowest BCUT2D eigenvalue weighted by Crippen LogP contribution is -2.60. The van der Waals surface area contributed by atoms with E-state index in [1.54, 1.807) is 13.8 Å². The van der Waals surface area contributed by atoms with Crippen molar-refractivity contribution in [1.82, 2.24) is 0 Å². The maximum atomic E-state index is 12.1. The Morgan fingerprint density at radius 3 is 2.57 bits per heavy atom. The van der Waals surface area contributed by atoms with Crippen molar-refractivity contribution in [2.24, 2.45) is 11.8 Å². The highest BCUT2D eigenvalue weighted by molar-refractivity contribution is 5.90. The van der Waals surface area contributed by atoms with Gasteiger partial charge in [-0.25, -0.2) is 4.79 Å². The van der Waals surface area contributed by atoms with E-state index in [-0.39, 0.29) is 12.0 Å². The van der Waals surface area contributed by atoms with Crippen LogP contribution in [0.2, 0.25) is 0 Å². The minimum atomic E-state index is -1.51. The first-order valence-corrected chi connectivity index (χ1v) is 9.26. The van der Waals surface area contributed by atoms with E-state index in [0.717, 1.165) is 0 Å². The number of aliphatic hydroxyl groups is 3. The van der Waals surface area contributed by atoms with Crippen molar-refractivity contribution in [3.63, 3.8) is 0 Å². The van der Waals surface area contributed by atoms with Crippen LogP contribution in [0.1, 0.15) is 26.7 Å². The van der Waals surface area contributed by atoms with Crippen LogP contribution in [0.4, 0.5) is 0 Å². The van der Waals surface area contributed by atoms with Crippen LogP contribution in [0.15, 0.2) is 11.8 Å². The normalized spacial score (nSPS) is 43.3. The van der Waals surface area contributed by atoms with Gasteiger partial charge in [0.1, 0.15) is 24.4 Å². The molecule has 0 saturated carbocycles. The lowest BCUT2D eigenvalue weighted by Gasteiger charge is -2.45. The van der Waals surface area contributed by atoms with Crippen molar-refractivity contribution in [3.8, 4) is 0 Å². The van der Waals surface area contributed by atoms with Gasteiger partial charge in [-0.2, -0.15) is 0 Å². The van der Waals surface area contributed by atoms with E-state index in [4.69, 9.17) is 23.7 Å². The Morgan fingerprint density at radius 1 is 1.21 bits per heavy atom. The van der Waals surface area contributed by atoms with Crippen molar-refractivity contribution in [1.29, 1.82) is 0 Å². The Bertz CT molecular complexity index is 632. The number of carbonyl (C=O) groups excluding carboxylic acids is 2. The minimum Gasteiger partial charge on any atom is -0.471 e. The fourth-order valence-corrected chi connectivity index (χ4v) is 3.96. The van der Waals surface area contributed by atoms with Gasteiger partial charge in [0.05, 0.1) is 37.4 Å². The van der Waals surface area contributed by atoms with Crippen molar-refractivity contribution >= 4 is 11.9 Å². The van der Waals surface area contributed by atoms with Gasteiger partial charge in [0.15, 0.2) is 6.29 Å². The number of carbonyl (C=O) groups is 2. The SMILES string of the molecule is CC[C@H]1O[C@@H](O[C@@H]2OC=C(C(=O)OC)[C@H]3CC(=O)O[C@H](C)[C@@H]23)[C@H](O)[C@@H](O)[C@@H]1O. The predicted octanol–water partition coefficient (Wildman–Crippen LogP) is -0.798. The van der Waals surface area contributed by atoms with E-state index < -0.39 is 66.9 Å². The van der Waals surface area contributed by atoms with Gasteiger partial charge in [-0.05, 0) is 13.3 Å². The molecule has 28 heavy (non-hydrogen) atoms. The summed E-state index contributed by atoms with van der Waals surface area (Å²) in [5, 5.41) is 30.3. The molecule has 158 valence electrons. The molecular formula is C18H26O10. The molecule has 3 aliphatic rings. The van der Waals surface area contributed by atoms with Crippen LogP contribution >= 0.6 is 0 Å². The van der Waals surface area contributed by atoms with E-state index >= 15 is 0 Å². The number of rotatable bonds is 4. The molecule has 0 radical (unpaired) electrons. The number of methoxy groups -OCH3 is 1. The minimum absolute atomic E-state index is 0.0494. The maximum Gasteiger partial charge on any atom is 0.337 e. The second-order valence-corrected chi connectivity index (χ2v) is 7.21. The van der Waals surface area contributed by atoms with Gasteiger partial charge in [0, 0.05) is 5.92 Å². The van der Waals surface area contributed by atoms with Gasteiger partial charge >= 0.3 is 11.9 Å². The number of hydrogen-bond donors (Lipinski definition) is 3. The Kier molecular flexibility index (Phi) is 6.25. The molecule has 2 saturated heterocycles. The number of esters is 2. The zero-order valence-electron chi connectivity index (χ0n) is 15.9. The third-order valence-corrected chi connectivity index (χ3v) is 5.51. The molecule has 0 aromatic carbocycles. The summed E-state index contributed by atoms with van der Waals surface area (Å²) in [6.07, 6.45) is -6.34. The lowest BCUT2D eigenvalue weighted by molar-refractivity contribution is -0.343. The highest BCUT2D eigenvalue weighted by Crippen LogP contribution is 2.41. The molecule has 10 heteroatoms. The molecular weight excluding hydrogens is 376 g/mol. The Morgan fingerprint density at radius 2 is 1.93 bits per heavy atom. The summed E-state index contributed by atoms with van der Waals surface area (Å²) in [7, 11) is 1.23. The maximum absolute atomic E-state index is 12.1. The Hall–Kier alpha value is -1.72. The van der Waals surface area contributed by atoms with Gasteiger partial charge in [0.25, 0.3) is 0 Å². The summed E-state index contributed by atoms with van der Waals surface area (Å²) in [6.45, 7) is 3.41. The standard InChI is InChI=1S/C18H26O10/c1-4-10-13(20)14(21)15(22)18(27-10)28-17-12-7(2)26-11(19)5-8(12)9(6-25-17)16(23)24-3/h6-8,10,12-15,17-18,20-22H,4-5H2,1-3H3/t7-,8-,10-,12-,13-,14+,15-,17+,18+/m1/s1. The van der Waals surface area contributed by atoms with Crippen LogP contribution in [0.5, 0.6) is 0 Å². The van der Waals surface area contributed by atoms with Crippen LogP contribution in [0.25, 0.3) is 0 Å². The average molecular weight is 402 g/mol. The zero-order chi connectivity index (χ0) is 20.6. The van der Waals surface area contributed by atoms with Crippen LogP contribution in [0.3, 0.4) is 0 Å². The lowest BCUT2D eigenvalue weighted by atomic mass is 9.77. The molecule has 10 nitrogen and oxygen atoms in total. The quantitative estimate of drug-likeness (QED) is 0.512. The van der Waals surface area contributed by atoms with Crippen LogP contribution in [-0.2, 0) is 33.3 Å². The van der Waals surface area contributed by atoms with Gasteiger partial charge < -0.3 is 39.0 Å². The van der Waals surface area contributed by atoms with Gasteiger partial charge in [-0.1, -0.05) is 6.92 Å². The largest absolute Gasteiger partial charge is 0.471 e. The monoisotopic (exact) mass is 402 g/mol. The molecule has 2 fully saturated rings. The van der Waals surface area contributed by atoms with Crippen molar-refractivity contribution in [3.05, 3.63) is 11.8 Å². The summed E-state index contributed by atoms with van der Waals surface area (Å²) in [6, 6.07) is 0. The molecule has 0 aromatic heterocycles. The van der Waals surface area contributed by atoms with Crippen LogP contribution in [0, 0.1) is 11.8 Å². The molecule has 3 rings (SSSR count). The summed E-state index contributed by atoms with van der Waals surface area (Å²) < 4.78 is 27.0. The summed E-state index contributed by atoms with van der Waals surface area (Å²) in [5.74, 6) is -2.19. The fourth-order valence-electron chi connectivity index (χ4n) is 3.96. The zero-order valence-corrected chi connectivity index (χ0v) is 15.9. The molecule has 9 atom stereocenters. The van der Waals surface area contributed by atoms with Gasteiger partial charge in [0.2, 0.25) is 6.29 Å². The van der Waals surface area contributed by atoms with E-state index in [0.29, 0.717) is 6.42 Å². The van der Waals surface area contributed by atoms with E-state index in [9.17, 15) is 24.9 Å². The third-order valence-electron chi connectivity index (χ3n) is 5.51. The number of hydrogen-bond acceptors (Lipinski definition) is 10. The van der Waals surface area contributed by atoms with E-state index in [2.05, 4.69) is 0 Å². The van der Waals surface area contributed by atoms with Crippen molar-refractivity contribution in [2.45, 2.75) is 69.8 Å². The summed E-state index contributed by atoms with van der Waals surface area (Å²) in [5.41, 5.74) is 0.197. The smallest absolute Gasteiger partial charge is 0.337 e. The van der Waals surface area contributed by atoms with E-state index in [1.165, 1.54) is 13.4 Å². The number of aliphatic hydroxyl groups excluding tert-OH is 3. The number of cyclic esters (lactones) is 1. The average Bonchev–Trinajstić information content (AvgIpc) is 2.67. The van der Waals surface area contributed by atoms with Gasteiger partial charge in [-0.15, -0.1) is 0 Å². The second-order valence-electron chi connectivity index (χ2n) is 7.21. The number of ether oxygens (including phenoxy) is 5. The third kappa shape index (κ3) is 3.74. The van der Waals surface area contributed by atoms with Crippen molar-refractivity contribution in [2.75, 3.05) is 7.11 Å². The molecule has 3 N–H and O–H groups in total. The number of fused-ring (bicyclic) bond motifs is 1. The topological polar surface area (TPSA) is 141 Å². The molecule has 0 unspecified atom stereocenters. The summed E-state index contributed by atoms with van der Waals surface area (Å²) >= 11 is 0. The fraction of sp³-hybridized carbons (Fsp3) is 0.778. The van der Waals surface area contributed by atoms with Crippen LogP contribution < -0.4 is 0 Å². The van der Waals surface area contributed by atoms with E-state index in [1.807, 2.05) is 0 Å². The molecule has 0 aliphatic carbocycles. The second kappa shape index (κ2) is 8.34.